The number of benzene rings is 1. The van der Waals surface area contributed by atoms with E-state index in [-0.39, 0.29) is 11.9 Å². The Morgan fingerprint density at radius 3 is 2.77 bits per heavy atom. The lowest BCUT2D eigenvalue weighted by atomic mass is 10.00. The summed E-state index contributed by atoms with van der Waals surface area (Å²) >= 11 is 0. The quantitative estimate of drug-likeness (QED) is 0.907. The normalized spacial score (nSPS) is 20.5. The highest BCUT2D eigenvalue weighted by molar-refractivity contribution is 5.78. The van der Waals surface area contributed by atoms with E-state index in [2.05, 4.69) is 49.4 Å². The maximum atomic E-state index is 12.5. The highest BCUT2D eigenvalue weighted by Crippen LogP contribution is 2.18. The number of carbonyl (C=O) groups is 1. The summed E-state index contributed by atoms with van der Waals surface area (Å²) < 4.78 is 0. The van der Waals surface area contributed by atoms with Crippen molar-refractivity contribution in [3.63, 3.8) is 0 Å². The van der Waals surface area contributed by atoms with Gasteiger partial charge in [-0.2, -0.15) is 0 Å². The number of nitrogens with zero attached hydrogens (tertiary/aromatic N) is 4. The standard InChI is InChI=1S/C20H25N5O/c26-19(15-24-12-8-16-5-1-2-6-17(16)13-24)23-18-7-3-11-25(14-18)20-21-9-4-10-22-20/h1-2,4-6,9-10,18H,3,7-8,11-15H2,(H,23,26). The Bertz CT molecular complexity index is 751. The minimum absolute atomic E-state index is 0.116. The zero-order chi connectivity index (χ0) is 17.8. The zero-order valence-electron chi connectivity index (χ0n) is 15.0. The second-order valence-corrected chi connectivity index (χ2v) is 7.13. The molecule has 0 spiro atoms. The van der Waals surface area contributed by atoms with Crippen molar-refractivity contribution in [3.05, 3.63) is 53.9 Å². The van der Waals surface area contributed by atoms with E-state index in [9.17, 15) is 4.79 Å². The third-order valence-electron chi connectivity index (χ3n) is 5.20. The Morgan fingerprint density at radius 1 is 1.12 bits per heavy atom. The number of piperidine rings is 1. The van der Waals surface area contributed by atoms with E-state index in [1.54, 1.807) is 12.4 Å². The minimum atomic E-state index is 0.116. The summed E-state index contributed by atoms with van der Waals surface area (Å²) in [6.45, 7) is 3.99. The van der Waals surface area contributed by atoms with Gasteiger partial charge in [0.15, 0.2) is 0 Å². The van der Waals surface area contributed by atoms with Gasteiger partial charge in [-0.1, -0.05) is 24.3 Å². The molecule has 1 fully saturated rings. The summed E-state index contributed by atoms with van der Waals surface area (Å²) in [6.07, 6.45) is 6.60. The highest BCUT2D eigenvalue weighted by atomic mass is 16.2. The van der Waals surface area contributed by atoms with E-state index >= 15 is 0 Å². The van der Waals surface area contributed by atoms with Crippen molar-refractivity contribution in [2.24, 2.45) is 0 Å². The summed E-state index contributed by atoms with van der Waals surface area (Å²) in [5, 5.41) is 3.21. The first-order valence-corrected chi connectivity index (χ1v) is 9.38. The molecule has 0 saturated carbocycles. The molecule has 3 heterocycles. The number of nitrogens with one attached hydrogen (secondary N) is 1. The van der Waals surface area contributed by atoms with Crippen LogP contribution in [0.3, 0.4) is 0 Å². The van der Waals surface area contributed by atoms with E-state index in [1.165, 1.54) is 11.1 Å². The van der Waals surface area contributed by atoms with Gasteiger partial charge in [-0.05, 0) is 36.5 Å². The van der Waals surface area contributed by atoms with Crippen molar-refractivity contribution < 1.29 is 4.79 Å². The van der Waals surface area contributed by atoms with Crippen molar-refractivity contribution in [1.29, 1.82) is 0 Å². The maximum Gasteiger partial charge on any atom is 0.234 e. The van der Waals surface area contributed by atoms with Crippen LogP contribution in [0.2, 0.25) is 0 Å². The number of fused-ring (bicyclic) bond motifs is 1. The zero-order valence-corrected chi connectivity index (χ0v) is 15.0. The molecule has 1 aromatic heterocycles. The fourth-order valence-electron chi connectivity index (χ4n) is 3.90. The van der Waals surface area contributed by atoms with Crippen molar-refractivity contribution in [3.8, 4) is 0 Å². The molecule has 1 atom stereocenters. The Kier molecular flexibility index (Phi) is 5.11. The molecule has 2 aliphatic heterocycles. The van der Waals surface area contributed by atoms with Gasteiger partial charge in [0.1, 0.15) is 0 Å². The number of carbonyl (C=O) groups excluding carboxylic acids is 1. The van der Waals surface area contributed by atoms with Gasteiger partial charge in [0, 0.05) is 44.6 Å². The van der Waals surface area contributed by atoms with Gasteiger partial charge >= 0.3 is 0 Å². The molecule has 1 unspecified atom stereocenters. The molecule has 0 bridgehead atoms. The minimum Gasteiger partial charge on any atom is -0.350 e. The van der Waals surface area contributed by atoms with Crippen molar-refractivity contribution in [2.75, 3.05) is 31.1 Å². The number of anilines is 1. The van der Waals surface area contributed by atoms with Gasteiger partial charge in [-0.15, -0.1) is 0 Å². The molecule has 2 aliphatic rings. The summed E-state index contributed by atoms with van der Waals surface area (Å²) in [7, 11) is 0. The molecule has 1 saturated heterocycles. The Labute approximate surface area is 154 Å². The molecular weight excluding hydrogens is 326 g/mol. The van der Waals surface area contributed by atoms with Crippen LogP contribution in [0.1, 0.15) is 24.0 Å². The molecule has 136 valence electrons. The van der Waals surface area contributed by atoms with Crippen LogP contribution in [0.5, 0.6) is 0 Å². The summed E-state index contributed by atoms with van der Waals surface area (Å²) in [5.41, 5.74) is 2.76. The fraction of sp³-hybridized carbons (Fsp3) is 0.450. The van der Waals surface area contributed by atoms with Crippen LogP contribution in [0.25, 0.3) is 0 Å². The number of aromatic nitrogens is 2. The molecule has 6 nitrogen and oxygen atoms in total. The molecule has 1 amide bonds. The Balaban J connectivity index is 1.30. The lowest BCUT2D eigenvalue weighted by Gasteiger charge is -2.34. The van der Waals surface area contributed by atoms with E-state index in [4.69, 9.17) is 0 Å². The van der Waals surface area contributed by atoms with Gasteiger partial charge in [0.05, 0.1) is 6.54 Å². The fourth-order valence-corrected chi connectivity index (χ4v) is 3.90. The summed E-state index contributed by atoms with van der Waals surface area (Å²) in [4.78, 5) is 25.6. The average Bonchev–Trinajstić information content (AvgIpc) is 2.69. The molecule has 4 rings (SSSR count). The second kappa shape index (κ2) is 7.83. The van der Waals surface area contributed by atoms with Gasteiger partial charge in [-0.25, -0.2) is 9.97 Å². The number of hydrogen-bond acceptors (Lipinski definition) is 5. The lowest BCUT2D eigenvalue weighted by Crippen LogP contribution is -2.50. The van der Waals surface area contributed by atoms with Crippen LogP contribution in [0.4, 0.5) is 5.95 Å². The first-order valence-electron chi connectivity index (χ1n) is 9.38. The smallest absolute Gasteiger partial charge is 0.234 e. The van der Waals surface area contributed by atoms with Gasteiger partial charge < -0.3 is 10.2 Å². The first kappa shape index (κ1) is 17.0. The molecule has 0 aliphatic carbocycles. The monoisotopic (exact) mass is 351 g/mol. The Morgan fingerprint density at radius 2 is 1.92 bits per heavy atom. The van der Waals surface area contributed by atoms with E-state index in [0.717, 1.165) is 51.4 Å². The van der Waals surface area contributed by atoms with Crippen LogP contribution in [-0.4, -0.2) is 53.0 Å². The predicted octanol–water partition coefficient (Wildman–Crippen LogP) is 1.62. The predicted molar refractivity (Wildman–Crippen MR) is 101 cm³/mol. The van der Waals surface area contributed by atoms with Crippen molar-refractivity contribution >= 4 is 11.9 Å². The molecular formula is C20H25N5O. The third kappa shape index (κ3) is 4.02. The van der Waals surface area contributed by atoms with Crippen LogP contribution in [0, 0.1) is 0 Å². The SMILES string of the molecule is O=C(CN1CCc2ccccc2C1)NC1CCCN(c2ncccn2)C1. The van der Waals surface area contributed by atoms with Gasteiger partial charge in [-0.3, -0.25) is 9.69 Å². The molecule has 2 aromatic rings. The number of rotatable bonds is 4. The molecule has 1 aromatic carbocycles. The number of amides is 1. The molecule has 6 heteroatoms. The average molecular weight is 351 g/mol. The van der Waals surface area contributed by atoms with Crippen LogP contribution >= 0.6 is 0 Å². The number of hydrogen-bond donors (Lipinski definition) is 1. The molecule has 26 heavy (non-hydrogen) atoms. The summed E-state index contributed by atoms with van der Waals surface area (Å²) in [5.74, 6) is 0.865. The summed E-state index contributed by atoms with van der Waals surface area (Å²) in [6, 6.07) is 10.5. The first-order chi connectivity index (χ1) is 12.8. The largest absolute Gasteiger partial charge is 0.350 e. The molecule has 0 radical (unpaired) electrons. The van der Waals surface area contributed by atoms with Crippen LogP contribution in [0.15, 0.2) is 42.7 Å². The third-order valence-corrected chi connectivity index (χ3v) is 5.20. The maximum absolute atomic E-state index is 12.5. The van der Waals surface area contributed by atoms with Gasteiger partial charge in [0.2, 0.25) is 11.9 Å². The topological polar surface area (TPSA) is 61.4 Å². The van der Waals surface area contributed by atoms with Crippen molar-refractivity contribution in [1.82, 2.24) is 20.2 Å². The van der Waals surface area contributed by atoms with E-state index in [0.29, 0.717) is 6.54 Å². The Hall–Kier alpha value is -2.47. The second-order valence-electron chi connectivity index (χ2n) is 7.13. The van der Waals surface area contributed by atoms with Crippen molar-refractivity contribution in [2.45, 2.75) is 31.8 Å². The van der Waals surface area contributed by atoms with Crippen LogP contribution < -0.4 is 10.2 Å². The van der Waals surface area contributed by atoms with Crippen LogP contribution in [-0.2, 0) is 17.8 Å². The van der Waals surface area contributed by atoms with Gasteiger partial charge in [0.25, 0.3) is 0 Å². The molecule has 1 N–H and O–H groups in total. The van der Waals surface area contributed by atoms with E-state index in [1.807, 2.05) is 6.07 Å². The van der Waals surface area contributed by atoms with E-state index < -0.39 is 0 Å². The lowest BCUT2D eigenvalue weighted by molar-refractivity contribution is -0.123. The highest BCUT2D eigenvalue weighted by Gasteiger charge is 2.24.